The van der Waals surface area contributed by atoms with Gasteiger partial charge in [-0.3, -0.25) is 4.98 Å². The summed E-state index contributed by atoms with van der Waals surface area (Å²) in [7, 11) is 0. The lowest BCUT2D eigenvalue weighted by atomic mass is 10.1. The van der Waals surface area contributed by atoms with Gasteiger partial charge in [-0.05, 0) is 53.9 Å². The van der Waals surface area contributed by atoms with Gasteiger partial charge < -0.3 is 8.98 Å². The quantitative estimate of drug-likeness (QED) is 0.393. The second-order valence-electron chi connectivity index (χ2n) is 7.80. The van der Waals surface area contributed by atoms with Crippen LogP contribution in [0, 0.1) is 0 Å². The minimum absolute atomic E-state index is 0.369. The predicted octanol–water partition coefficient (Wildman–Crippen LogP) is 5.45. The lowest BCUT2D eigenvalue weighted by Crippen LogP contribution is -2.09. The number of benzene rings is 2. The first-order chi connectivity index (χ1) is 15.2. The van der Waals surface area contributed by atoms with E-state index in [4.69, 9.17) is 4.42 Å². The molecule has 0 unspecified atom stereocenters. The van der Waals surface area contributed by atoms with Gasteiger partial charge in [0.1, 0.15) is 5.52 Å². The molecular weight excluding hydrogens is 386 g/mol. The maximum atomic E-state index is 13.1. The van der Waals surface area contributed by atoms with Crippen LogP contribution < -0.4 is 5.63 Å². The van der Waals surface area contributed by atoms with E-state index in [1.54, 1.807) is 6.20 Å². The van der Waals surface area contributed by atoms with Gasteiger partial charge in [0.25, 0.3) is 0 Å². The smallest absolute Gasteiger partial charge is 0.362 e. The van der Waals surface area contributed by atoms with Gasteiger partial charge in [-0.15, -0.1) is 0 Å². The molecule has 5 nitrogen and oxygen atoms in total. The Morgan fingerprint density at radius 3 is 2.74 bits per heavy atom. The Bertz CT molecular complexity index is 1680. The zero-order valence-corrected chi connectivity index (χ0v) is 17.0. The molecule has 150 valence electrons. The summed E-state index contributed by atoms with van der Waals surface area (Å²) in [5.74, 6) is 0. The van der Waals surface area contributed by atoms with E-state index in [-0.39, 0.29) is 5.63 Å². The second kappa shape index (κ2) is 6.77. The van der Waals surface area contributed by atoms with E-state index in [9.17, 15) is 4.79 Å². The van der Waals surface area contributed by atoms with E-state index >= 15 is 0 Å². The number of rotatable bonds is 3. The summed E-state index contributed by atoms with van der Waals surface area (Å²) >= 11 is 0. The van der Waals surface area contributed by atoms with E-state index in [2.05, 4.69) is 47.2 Å². The van der Waals surface area contributed by atoms with E-state index in [0.717, 1.165) is 44.6 Å². The normalized spacial score (nSPS) is 11.8. The average molecular weight is 405 g/mol. The van der Waals surface area contributed by atoms with E-state index in [0.29, 0.717) is 17.8 Å². The third-order valence-corrected chi connectivity index (χ3v) is 5.95. The Kier molecular flexibility index (Phi) is 3.90. The van der Waals surface area contributed by atoms with Gasteiger partial charge in [0, 0.05) is 46.0 Å². The summed E-state index contributed by atoms with van der Waals surface area (Å²) in [5.41, 5.74) is 4.78. The van der Waals surface area contributed by atoms with Gasteiger partial charge >= 0.3 is 5.63 Å². The van der Waals surface area contributed by atoms with Gasteiger partial charge in [-0.25, -0.2) is 9.78 Å². The third kappa shape index (κ3) is 2.74. The van der Waals surface area contributed by atoms with Crippen molar-refractivity contribution >= 4 is 43.8 Å². The Morgan fingerprint density at radius 1 is 0.935 bits per heavy atom. The largest absolute Gasteiger partial charge is 0.402 e. The average Bonchev–Trinajstić information content (AvgIpc) is 3.13. The first-order valence-corrected chi connectivity index (χ1v) is 10.4. The van der Waals surface area contributed by atoms with Crippen LogP contribution in [0.3, 0.4) is 0 Å². The molecule has 6 aromatic rings. The van der Waals surface area contributed by atoms with Crippen molar-refractivity contribution in [2.24, 2.45) is 0 Å². The number of nitrogens with zero attached hydrogens (tertiary/aromatic N) is 3. The van der Waals surface area contributed by atoms with Crippen LogP contribution in [0.5, 0.6) is 0 Å². The van der Waals surface area contributed by atoms with Crippen LogP contribution >= 0.6 is 0 Å². The molecule has 0 aliphatic carbocycles. The molecule has 31 heavy (non-hydrogen) atoms. The highest BCUT2D eigenvalue weighted by atomic mass is 16.4. The van der Waals surface area contributed by atoms with Crippen molar-refractivity contribution in [1.82, 2.24) is 14.5 Å². The second-order valence-corrected chi connectivity index (χ2v) is 7.80. The number of aryl methyl sites for hydroxylation is 1. The summed E-state index contributed by atoms with van der Waals surface area (Å²) in [5, 5.41) is 3.88. The van der Waals surface area contributed by atoms with Gasteiger partial charge in [0.15, 0.2) is 0 Å². The van der Waals surface area contributed by atoms with E-state index in [1.165, 1.54) is 5.56 Å². The lowest BCUT2D eigenvalue weighted by Gasteiger charge is -2.08. The molecule has 0 fully saturated rings. The number of hydrogen-bond acceptors (Lipinski definition) is 4. The SMILES string of the molecule is CCc1ccc2c(c1)c1c3cccnc3oc(=O)c1n2Cc1cnc2ccccc2c1. The molecule has 0 radical (unpaired) electrons. The van der Waals surface area contributed by atoms with Crippen molar-refractivity contribution in [3.63, 3.8) is 0 Å². The Labute approximate surface area is 177 Å². The van der Waals surface area contributed by atoms with Crippen molar-refractivity contribution in [3.05, 3.63) is 94.6 Å². The molecule has 0 bridgehead atoms. The molecule has 0 spiro atoms. The summed E-state index contributed by atoms with van der Waals surface area (Å²) in [6, 6.07) is 20.4. The minimum Gasteiger partial charge on any atom is -0.402 e. The third-order valence-electron chi connectivity index (χ3n) is 5.95. The standard InChI is InChI=1S/C26H19N3O2/c1-2-16-9-10-22-20(13-16)23-19-7-5-11-27-25(19)31-26(30)24(23)29(22)15-17-12-18-6-3-4-8-21(18)28-14-17/h3-14H,2,15H2,1H3. The summed E-state index contributed by atoms with van der Waals surface area (Å²) < 4.78 is 7.66. The summed E-state index contributed by atoms with van der Waals surface area (Å²) in [6.07, 6.45) is 4.45. The fraction of sp³-hybridized carbons (Fsp3) is 0.115. The molecule has 0 amide bonds. The molecule has 4 heterocycles. The lowest BCUT2D eigenvalue weighted by molar-refractivity contribution is 0.553. The minimum atomic E-state index is -0.371. The Morgan fingerprint density at radius 2 is 1.84 bits per heavy atom. The Balaban J connectivity index is 1.69. The first-order valence-electron chi connectivity index (χ1n) is 10.4. The summed E-state index contributed by atoms with van der Waals surface area (Å²) in [6.45, 7) is 2.66. The van der Waals surface area contributed by atoms with Crippen LogP contribution in [0.1, 0.15) is 18.1 Å². The molecule has 0 saturated heterocycles. The number of aromatic nitrogens is 3. The zero-order valence-electron chi connectivity index (χ0n) is 17.0. The van der Waals surface area contributed by atoms with Gasteiger partial charge in [0.2, 0.25) is 5.71 Å². The Hall–Kier alpha value is -3.99. The van der Waals surface area contributed by atoms with E-state index < -0.39 is 0 Å². The molecule has 4 aromatic heterocycles. The fourth-order valence-corrected chi connectivity index (χ4v) is 4.46. The highest BCUT2D eigenvalue weighted by molar-refractivity contribution is 6.18. The molecule has 5 heteroatoms. The van der Waals surface area contributed by atoms with Crippen LogP contribution in [0.2, 0.25) is 0 Å². The number of hydrogen-bond donors (Lipinski definition) is 0. The van der Waals surface area contributed by atoms with Gasteiger partial charge in [0.05, 0.1) is 5.52 Å². The van der Waals surface area contributed by atoms with Crippen molar-refractivity contribution in [1.29, 1.82) is 0 Å². The maximum Gasteiger partial charge on any atom is 0.362 e. The monoisotopic (exact) mass is 405 g/mol. The van der Waals surface area contributed by atoms with Crippen LogP contribution in [-0.2, 0) is 13.0 Å². The summed E-state index contributed by atoms with van der Waals surface area (Å²) in [4.78, 5) is 22.0. The zero-order chi connectivity index (χ0) is 20.9. The molecule has 0 aliphatic rings. The molecule has 2 aromatic carbocycles. The van der Waals surface area contributed by atoms with Crippen LogP contribution in [0.15, 0.2) is 82.3 Å². The van der Waals surface area contributed by atoms with E-state index in [1.807, 2.05) is 41.1 Å². The molecule has 6 rings (SSSR count). The number of para-hydroxylation sites is 1. The molecular formula is C26H19N3O2. The van der Waals surface area contributed by atoms with Crippen molar-refractivity contribution < 1.29 is 4.42 Å². The fourth-order valence-electron chi connectivity index (χ4n) is 4.46. The highest BCUT2D eigenvalue weighted by Crippen LogP contribution is 2.33. The van der Waals surface area contributed by atoms with Crippen LogP contribution in [0.25, 0.3) is 43.8 Å². The van der Waals surface area contributed by atoms with Gasteiger partial charge in [-0.2, -0.15) is 0 Å². The van der Waals surface area contributed by atoms with Crippen LogP contribution in [-0.4, -0.2) is 14.5 Å². The molecule has 0 saturated carbocycles. The maximum absolute atomic E-state index is 13.1. The topological polar surface area (TPSA) is 60.9 Å². The first kappa shape index (κ1) is 17.8. The van der Waals surface area contributed by atoms with Crippen molar-refractivity contribution in [2.75, 3.05) is 0 Å². The van der Waals surface area contributed by atoms with Gasteiger partial charge in [-0.1, -0.05) is 31.2 Å². The molecule has 0 atom stereocenters. The van der Waals surface area contributed by atoms with Crippen molar-refractivity contribution in [3.8, 4) is 0 Å². The highest BCUT2D eigenvalue weighted by Gasteiger charge is 2.19. The number of fused-ring (bicyclic) bond motifs is 6. The molecule has 0 N–H and O–H groups in total. The van der Waals surface area contributed by atoms with Crippen LogP contribution in [0.4, 0.5) is 0 Å². The molecule has 0 aliphatic heterocycles. The number of pyridine rings is 2. The predicted molar refractivity (Wildman–Crippen MR) is 124 cm³/mol. The van der Waals surface area contributed by atoms with Crippen molar-refractivity contribution in [2.45, 2.75) is 19.9 Å².